The van der Waals surface area contributed by atoms with E-state index >= 15 is 0 Å². The Hall–Kier alpha value is -1.51. The molecule has 0 aliphatic heterocycles. The quantitative estimate of drug-likeness (QED) is 0.869. The van der Waals surface area contributed by atoms with E-state index in [9.17, 15) is 17.6 Å². The Labute approximate surface area is 122 Å². The third kappa shape index (κ3) is 3.75. The van der Waals surface area contributed by atoms with Gasteiger partial charge in [0, 0.05) is 21.8 Å². The third-order valence-corrected chi connectivity index (χ3v) is 5.45. The molecule has 0 spiro atoms. The first kappa shape index (κ1) is 14.9. The minimum atomic E-state index is -3.76. The van der Waals surface area contributed by atoms with E-state index in [0.29, 0.717) is 4.88 Å². The second kappa shape index (κ2) is 5.86. The van der Waals surface area contributed by atoms with Crippen LogP contribution in [0.2, 0.25) is 0 Å². The van der Waals surface area contributed by atoms with Crippen LogP contribution in [0.4, 0.5) is 4.39 Å². The van der Waals surface area contributed by atoms with Crippen LogP contribution in [0.3, 0.4) is 0 Å². The largest absolute Gasteiger partial charge is 0.347 e. The number of rotatable bonds is 4. The van der Waals surface area contributed by atoms with Gasteiger partial charge >= 0.3 is 0 Å². The predicted octanol–water partition coefficient (Wildman–Crippen LogP) is 2.14. The van der Waals surface area contributed by atoms with Crippen LogP contribution in [0.15, 0.2) is 34.8 Å². The molecule has 2 rings (SSSR count). The highest BCUT2D eigenvalue weighted by molar-refractivity contribution is 8.15. The smallest absolute Gasteiger partial charge is 0.270 e. The summed E-state index contributed by atoms with van der Waals surface area (Å²) >= 11 is 0.956. The zero-order valence-electron chi connectivity index (χ0n) is 9.84. The Morgan fingerprint density at radius 1 is 1.40 bits per heavy atom. The number of pyridine rings is 1. The normalized spacial score (nSPS) is 11.3. The summed E-state index contributed by atoms with van der Waals surface area (Å²) in [7, 11) is 1.43. The maximum atomic E-state index is 12.9. The highest BCUT2D eigenvalue weighted by atomic mass is 35.7. The SMILES string of the molecule is O=C(NCc1ccc(S(=O)(=O)Cl)s1)c1cncc(F)c1. The van der Waals surface area contributed by atoms with E-state index in [1.165, 1.54) is 12.3 Å². The van der Waals surface area contributed by atoms with Crippen LogP contribution in [-0.4, -0.2) is 19.3 Å². The number of halogens is 2. The molecule has 1 amide bonds. The summed E-state index contributed by atoms with van der Waals surface area (Å²) in [6, 6.07) is 3.97. The zero-order valence-corrected chi connectivity index (χ0v) is 12.2. The van der Waals surface area contributed by atoms with Gasteiger partial charge in [-0.05, 0) is 18.2 Å². The number of nitrogens with one attached hydrogen (secondary N) is 1. The lowest BCUT2D eigenvalue weighted by molar-refractivity contribution is 0.0950. The summed E-state index contributed by atoms with van der Waals surface area (Å²) in [6.07, 6.45) is 2.23. The first-order valence-corrected chi connectivity index (χ1v) is 8.41. The number of hydrogen-bond acceptors (Lipinski definition) is 5. The van der Waals surface area contributed by atoms with E-state index in [0.717, 1.165) is 23.6 Å². The van der Waals surface area contributed by atoms with Crippen molar-refractivity contribution in [3.63, 3.8) is 0 Å². The molecule has 20 heavy (non-hydrogen) atoms. The maximum absolute atomic E-state index is 12.9. The number of carbonyl (C=O) groups excluding carboxylic acids is 1. The molecule has 0 atom stereocenters. The molecular weight excluding hydrogens is 327 g/mol. The minimum absolute atomic E-state index is 0.0100. The average molecular weight is 335 g/mol. The highest BCUT2D eigenvalue weighted by Crippen LogP contribution is 2.24. The Morgan fingerprint density at radius 3 is 2.75 bits per heavy atom. The summed E-state index contributed by atoms with van der Waals surface area (Å²) in [5, 5.41) is 2.53. The van der Waals surface area contributed by atoms with Crippen molar-refractivity contribution in [2.24, 2.45) is 0 Å². The van der Waals surface area contributed by atoms with Gasteiger partial charge in [0.05, 0.1) is 18.3 Å². The number of amides is 1. The zero-order chi connectivity index (χ0) is 14.8. The van der Waals surface area contributed by atoms with E-state index in [-0.39, 0.29) is 16.3 Å². The molecule has 0 saturated heterocycles. The average Bonchev–Trinajstić information content (AvgIpc) is 2.84. The lowest BCUT2D eigenvalue weighted by Crippen LogP contribution is -2.22. The van der Waals surface area contributed by atoms with E-state index in [1.54, 1.807) is 6.07 Å². The molecule has 0 fully saturated rings. The van der Waals surface area contributed by atoms with Crippen molar-refractivity contribution in [2.75, 3.05) is 0 Å². The molecule has 0 saturated carbocycles. The molecule has 106 valence electrons. The van der Waals surface area contributed by atoms with Gasteiger partial charge in [-0.1, -0.05) is 0 Å². The van der Waals surface area contributed by atoms with Crippen LogP contribution in [0.25, 0.3) is 0 Å². The second-order valence-electron chi connectivity index (χ2n) is 3.73. The third-order valence-electron chi connectivity index (χ3n) is 2.27. The van der Waals surface area contributed by atoms with Crippen molar-refractivity contribution in [3.8, 4) is 0 Å². The van der Waals surface area contributed by atoms with Crippen molar-refractivity contribution < 1.29 is 17.6 Å². The summed E-state index contributed by atoms with van der Waals surface area (Å²) in [5.74, 6) is -1.11. The summed E-state index contributed by atoms with van der Waals surface area (Å²) in [4.78, 5) is 15.9. The Bertz CT molecular complexity index is 746. The first-order valence-electron chi connectivity index (χ1n) is 5.28. The van der Waals surface area contributed by atoms with Gasteiger partial charge in [-0.15, -0.1) is 11.3 Å². The predicted molar refractivity (Wildman–Crippen MR) is 72.7 cm³/mol. The van der Waals surface area contributed by atoms with E-state index in [4.69, 9.17) is 10.7 Å². The maximum Gasteiger partial charge on any atom is 0.270 e. The molecular formula is C11H8ClFN2O3S2. The molecule has 0 aliphatic carbocycles. The van der Waals surface area contributed by atoms with Gasteiger partial charge in [-0.2, -0.15) is 0 Å². The fourth-order valence-electron chi connectivity index (χ4n) is 1.39. The van der Waals surface area contributed by atoms with Crippen LogP contribution >= 0.6 is 22.0 Å². The summed E-state index contributed by atoms with van der Waals surface area (Å²) in [6.45, 7) is 0.117. The van der Waals surface area contributed by atoms with Crippen LogP contribution in [-0.2, 0) is 15.6 Å². The van der Waals surface area contributed by atoms with Crippen LogP contribution < -0.4 is 5.32 Å². The van der Waals surface area contributed by atoms with Gasteiger partial charge < -0.3 is 5.32 Å². The number of carbonyl (C=O) groups is 1. The Morgan fingerprint density at radius 2 is 2.15 bits per heavy atom. The molecule has 0 radical (unpaired) electrons. The number of thiophene rings is 1. The molecule has 0 aromatic carbocycles. The molecule has 2 aromatic heterocycles. The molecule has 0 aliphatic rings. The number of hydrogen-bond donors (Lipinski definition) is 1. The fraction of sp³-hybridized carbons (Fsp3) is 0.0909. The van der Waals surface area contributed by atoms with Crippen molar-refractivity contribution >= 4 is 37.0 Å². The van der Waals surface area contributed by atoms with Gasteiger partial charge in [0.15, 0.2) is 0 Å². The molecule has 5 nitrogen and oxygen atoms in total. The molecule has 2 aromatic rings. The van der Waals surface area contributed by atoms with Crippen LogP contribution in [0.5, 0.6) is 0 Å². The van der Waals surface area contributed by atoms with Crippen LogP contribution in [0.1, 0.15) is 15.2 Å². The minimum Gasteiger partial charge on any atom is -0.347 e. The summed E-state index contributed by atoms with van der Waals surface area (Å²) < 4.78 is 35.1. The van der Waals surface area contributed by atoms with Gasteiger partial charge in [0.25, 0.3) is 15.0 Å². The Balaban J connectivity index is 2.02. The van der Waals surface area contributed by atoms with Gasteiger partial charge in [0.2, 0.25) is 0 Å². The second-order valence-corrected chi connectivity index (χ2v) is 7.69. The topological polar surface area (TPSA) is 76.1 Å². The van der Waals surface area contributed by atoms with Gasteiger partial charge in [0.1, 0.15) is 10.0 Å². The lowest BCUT2D eigenvalue weighted by atomic mass is 10.2. The molecule has 1 N–H and O–H groups in total. The van der Waals surface area contributed by atoms with E-state index < -0.39 is 20.8 Å². The monoisotopic (exact) mass is 334 g/mol. The van der Waals surface area contributed by atoms with Crippen molar-refractivity contribution in [1.82, 2.24) is 10.3 Å². The van der Waals surface area contributed by atoms with E-state index in [2.05, 4.69) is 10.3 Å². The van der Waals surface area contributed by atoms with Crippen molar-refractivity contribution in [1.29, 1.82) is 0 Å². The fourth-order valence-corrected chi connectivity index (χ4v) is 3.45. The lowest BCUT2D eigenvalue weighted by Gasteiger charge is -2.03. The first-order chi connectivity index (χ1) is 9.36. The standard InChI is InChI=1S/C11H8ClFN2O3S2/c12-20(17,18)10-2-1-9(19-10)6-15-11(16)7-3-8(13)5-14-4-7/h1-5H,6H2,(H,15,16). The Kier molecular flexibility index (Phi) is 4.36. The molecule has 0 unspecified atom stereocenters. The van der Waals surface area contributed by atoms with E-state index in [1.807, 2.05) is 0 Å². The molecule has 9 heteroatoms. The molecule has 0 bridgehead atoms. The van der Waals surface area contributed by atoms with Gasteiger partial charge in [-0.25, -0.2) is 12.8 Å². The van der Waals surface area contributed by atoms with Crippen molar-refractivity contribution in [3.05, 3.63) is 46.9 Å². The number of nitrogens with zero attached hydrogens (tertiary/aromatic N) is 1. The summed E-state index contributed by atoms with van der Waals surface area (Å²) in [5.41, 5.74) is 0.0896. The van der Waals surface area contributed by atoms with Crippen molar-refractivity contribution in [2.45, 2.75) is 10.8 Å². The van der Waals surface area contributed by atoms with Crippen LogP contribution in [0, 0.1) is 5.82 Å². The van der Waals surface area contributed by atoms with Gasteiger partial charge in [-0.3, -0.25) is 9.78 Å². The number of aromatic nitrogens is 1. The highest BCUT2D eigenvalue weighted by Gasteiger charge is 2.14. The molecule has 2 heterocycles.